The minimum absolute atomic E-state index is 0.0174. The fourth-order valence-corrected chi connectivity index (χ4v) is 2.31. The van der Waals surface area contributed by atoms with Crippen LogP contribution in [0, 0.1) is 0 Å². The van der Waals surface area contributed by atoms with Gasteiger partial charge in [-0.05, 0) is 28.1 Å². The Morgan fingerprint density at radius 2 is 2.08 bits per heavy atom. The Labute approximate surface area is 92.0 Å². The van der Waals surface area contributed by atoms with E-state index < -0.39 is 5.97 Å². The molecule has 0 aliphatic rings. The molecule has 0 unspecified atom stereocenters. The summed E-state index contributed by atoms with van der Waals surface area (Å²) in [6, 6.07) is 3.13. The largest absolute Gasteiger partial charge is 0.545 e. The molecule has 1 rings (SSSR count). The first-order valence-corrected chi connectivity index (χ1v) is 4.89. The van der Waals surface area contributed by atoms with E-state index in [1.165, 1.54) is 13.2 Å². The third-order valence-electron chi connectivity index (χ3n) is 1.43. The van der Waals surface area contributed by atoms with E-state index >= 15 is 0 Å². The van der Waals surface area contributed by atoms with Gasteiger partial charge in [0.1, 0.15) is 5.75 Å². The van der Waals surface area contributed by atoms with Crippen LogP contribution < -0.4 is 9.84 Å². The van der Waals surface area contributed by atoms with E-state index in [0.717, 1.165) is 0 Å². The van der Waals surface area contributed by atoms with Crippen molar-refractivity contribution in [3.05, 3.63) is 26.6 Å². The topological polar surface area (TPSA) is 49.4 Å². The van der Waals surface area contributed by atoms with Crippen LogP contribution in [0.3, 0.4) is 0 Å². The lowest BCUT2D eigenvalue weighted by Gasteiger charge is -2.11. The number of halogens is 2. The molecule has 0 saturated heterocycles. The number of methoxy groups -OCH3 is 1. The number of benzene rings is 1. The number of rotatable bonds is 2. The molecular weight excluding hydrogens is 304 g/mol. The first-order valence-electron chi connectivity index (χ1n) is 3.30. The van der Waals surface area contributed by atoms with Gasteiger partial charge in [-0.15, -0.1) is 0 Å². The average Bonchev–Trinajstić information content (AvgIpc) is 2.02. The Bertz CT molecular complexity index is 349. The molecule has 5 heteroatoms. The average molecular weight is 309 g/mol. The van der Waals surface area contributed by atoms with Crippen LogP contribution in [-0.2, 0) is 0 Å². The van der Waals surface area contributed by atoms with E-state index in [4.69, 9.17) is 4.74 Å². The van der Waals surface area contributed by atoms with Gasteiger partial charge in [-0.2, -0.15) is 0 Å². The minimum atomic E-state index is -1.26. The van der Waals surface area contributed by atoms with Gasteiger partial charge in [-0.3, -0.25) is 0 Å². The standard InChI is InChI=1S/C8H6Br2O3/c1-13-7-5(8(11)12)2-4(9)3-6(7)10/h2-3H,1H3,(H,11,12)/p-1. The number of carbonyl (C=O) groups is 1. The summed E-state index contributed by atoms with van der Waals surface area (Å²) in [7, 11) is 1.40. The number of hydrogen-bond donors (Lipinski definition) is 0. The zero-order chi connectivity index (χ0) is 10.0. The third-order valence-corrected chi connectivity index (χ3v) is 2.48. The lowest BCUT2D eigenvalue weighted by molar-refractivity contribution is -0.255. The monoisotopic (exact) mass is 307 g/mol. The predicted octanol–water partition coefficient (Wildman–Crippen LogP) is 1.58. The summed E-state index contributed by atoms with van der Waals surface area (Å²) in [5.74, 6) is -0.998. The van der Waals surface area contributed by atoms with E-state index in [9.17, 15) is 9.90 Å². The van der Waals surface area contributed by atoms with Crippen LogP contribution in [-0.4, -0.2) is 13.1 Å². The highest BCUT2D eigenvalue weighted by Crippen LogP contribution is 2.32. The highest BCUT2D eigenvalue weighted by atomic mass is 79.9. The molecule has 0 bridgehead atoms. The number of carboxylic acids is 1. The maximum Gasteiger partial charge on any atom is 0.142 e. The van der Waals surface area contributed by atoms with Crippen LogP contribution in [0.4, 0.5) is 0 Å². The van der Waals surface area contributed by atoms with Crippen molar-refractivity contribution in [2.75, 3.05) is 7.11 Å². The van der Waals surface area contributed by atoms with Crippen LogP contribution in [0.15, 0.2) is 21.1 Å². The number of carboxylic acid groups (broad SMARTS) is 1. The van der Waals surface area contributed by atoms with Gasteiger partial charge in [0.15, 0.2) is 0 Å². The second-order valence-corrected chi connectivity index (χ2v) is 4.03. The maximum atomic E-state index is 10.7. The van der Waals surface area contributed by atoms with Gasteiger partial charge in [-0.25, -0.2) is 0 Å². The molecule has 3 nitrogen and oxygen atoms in total. The first kappa shape index (κ1) is 10.5. The van der Waals surface area contributed by atoms with Gasteiger partial charge in [0.05, 0.1) is 17.6 Å². The summed E-state index contributed by atoms with van der Waals surface area (Å²) >= 11 is 6.35. The van der Waals surface area contributed by atoms with E-state index in [2.05, 4.69) is 31.9 Å². The Balaban J connectivity index is 3.38. The molecule has 1 aromatic rings. The lowest BCUT2D eigenvalue weighted by atomic mass is 10.2. The SMILES string of the molecule is COc1c(Br)cc(Br)cc1C(=O)[O-]. The summed E-state index contributed by atoms with van der Waals surface area (Å²) < 4.78 is 6.13. The van der Waals surface area contributed by atoms with E-state index in [1.54, 1.807) is 6.07 Å². The summed E-state index contributed by atoms with van der Waals surface area (Å²) in [6.07, 6.45) is 0. The van der Waals surface area contributed by atoms with Crippen molar-refractivity contribution in [2.45, 2.75) is 0 Å². The molecule has 0 amide bonds. The van der Waals surface area contributed by atoms with Gasteiger partial charge in [-0.1, -0.05) is 15.9 Å². The van der Waals surface area contributed by atoms with Gasteiger partial charge in [0.25, 0.3) is 0 Å². The van der Waals surface area contributed by atoms with Crippen LogP contribution >= 0.6 is 31.9 Å². The van der Waals surface area contributed by atoms with Gasteiger partial charge >= 0.3 is 0 Å². The number of ether oxygens (including phenoxy) is 1. The van der Waals surface area contributed by atoms with Crippen LogP contribution in [0.5, 0.6) is 5.75 Å². The van der Waals surface area contributed by atoms with Crippen molar-refractivity contribution < 1.29 is 14.6 Å². The van der Waals surface area contributed by atoms with E-state index in [1.807, 2.05) is 0 Å². The quantitative estimate of drug-likeness (QED) is 0.833. The molecule has 70 valence electrons. The fourth-order valence-electron chi connectivity index (χ4n) is 0.919. The highest BCUT2D eigenvalue weighted by Gasteiger charge is 2.09. The van der Waals surface area contributed by atoms with Crippen molar-refractivity contribution in [1.29, 1.82) is 0 Å². The number of aromatic carboxylic acids is 1. The number of hydrogen-bond acceptors (Lipinski definition) is 3. The fraction of sp³-hybridized carbons (Fsp3) is 0.125. The Morgan fingerprint density at radius 1 is 1.46 bits per heavy atom. The van der Waals surface area contributed by atoms with Crippen molar-refractivity contribution in [1.82, 2.24) is 0 Å². The zero-order valence-electron chi connectivity index (χ0n) is 6.64. The maximum absolute atomic E-state index is 10.7. The second kappa shape index (κ2) is 4.11. The summed E-state index contributed by atoms with van der Waals surface area (Å²) in [6.45, 7) is 0. The number of carbonyl (C=O) groups excluding carboxylic acids is 1. The third kappa shape index (κ3) is 2.22. The van der Waals surface area contributed by atoms with Gasteiger partial charge in [0.2, 0.25) is 0 Å². The van der Waals surface area contributed by atoms with Crippen LogP contribution in [0.1, 0.15) is 10.4 Å². The molecule has 0 N–H and O–H groups in total. The summed E-state index contributed by atoms with van der Waals surface area (Å²) in [5.41, 5.74) is 0.0174. The molecule has 13 heavy (non-hydrogen) atoms. The smallest absolute Gasteiger partial charge is 0.142 e. The normalized spacial score (nSPS) is 9.77. The Hall–Kier alpha value is -0.550. The molecule has 0 atom stereocenters. The van der Waals surface area contributed by atoms with Crippen molar-refractivity contribution >= 4 is 37.8 Å². The van der Waals surface area contributed by atoms with Gasteiger partial charge in [0, 0.05) is 10.0 Å². The van der Waals surface area contributed by atoms with E-state index in [-0.39, 0.29) is 11.3 Å². The Kier molecular flexibility index (Phi) is 3.33. The highest BCUT2D eigenvalue weighted by molar-refractivity contribution is 9.11. The van der Waals surface area contributed by atoms with Crippen molar-refractivity contribution in [3.63, 3.8) is 0 Å². The molecule has 0 heterocycles. The molecule has 0 aliphatic carbocycles. The predicted molar refractivity (Wildman–Crippen MR) is 52.7 cm³/mol. The van der Waals surface area contributed by atoms with Crippen LogP contribution in [0.25, 0.3) is 0 Å². The lowest BCUT2D eigenvalue weighted by Crippen LogP contribution is -2.23. The second-order valence-electron chi connectivity index (χ2n) is 2.26. The molecule has 0 aromatic heterocycles. The Morgan fingerprint density at radius 3 is 2.54 bits per heavy atom. The van der Waals surface area contributed by atoms with Crippen molar-refractivity contribution in [3.8, 4) is 5.75 Å². The molecular formula is C8H5Br2O3-. The molecule has 1 aromatic carbocycles. The molecule has 0 aliphatic heterocycles. The zero-order valence-corrected chi connectivity index (χ0v) is 9.81. The van der Waals surface area contributed by atoms with Crippen molar-refractivity contribution in [2.24, 2.45) is 0 Å². The molecule has 0 fully saturated rings. The summed E-state index contributed by atoms with van der Waals surface area (Å²) in [4.78, 5) is 10.7. The first-order chi connectivity index (χ1) is 6.06. The minimum Gasteiger partial charge on any atom is -0.545 e. The summed E-state index contributed by atoms with van der Waals surface area (Å²) in [5, 5.41) is 10.7. The molecule has 0 radical (unpaired) electrons. The van der Waals surface area contributed by atoms with E-state index in [0.29, 0.717) is 8.95 Å². The molecule has 0 saturated carbocycles. The molecule has 0 spiro atoms. The van der Waals surface area contributed by atoms with Crippen LogP contribution in [0.2, 0.25) is 0 Å². The van der Waals surface area contributed by atoms with Gasteiger partial charge < -0.3 is 14.6 Å².